The predicted octanol–water partition coefficient (Wildman–Crippen LogP) is 3.03. The second kappa shape index (κ2) is 6.42. The van der Waals surface area contributed by atoms with Crippen LogP contribution >= 0.6 is 15.9 Å². The van der Waals surface area contributed by atoms with Crippen LogP contribution in [0.15, 0.2) is 21.2 Å². The fourth-order valence-electron chi connectivity index (χ4n) is 1.61. The van der Waals surface area contributed by atoms with Crippen LogP contribution in [-0.4, -0.2) is 31.6 Å². The van der Waals surface area contributed by atoms with E-state index < -0.39 is 0 Å². The molecule has 0 spiro atoms. The van der Waals surface area contributed by atoms with E-state index in [9.17, 15) is 0 Å². The van der Waals surface area contributed by atoms with Gasteiger partial charge in [-0.25, -0.2) is 0 Å². The molecule has 0 saturated carbocycles. The standard InChI is InChI=1S/C12H21BrN2O/c1-9(7-8-15(3)4)14-10(2)11-5-6-12(13)16-11/h5-6,9-10,14H,7-8H2,1-4H3. The van der Waals surface area contributed by atoms with Crippen LogP contribution < -0.4 is 5.32 Å². The molecule has 2 atom stereocenters. The van der Waals surface area contributed by atoms with E-state index in [0.29, 0.717) is 6.04 Å². The molecule has 16 heavy (non-hydrogen) atoms. The number of hydrogen-bond acceptors (Lipinski definition) is 3. The Balaban J connectivity index is 2.36. The van der Waals surface area contributed by atoms with E-state index in [4.69, 9.17) is 4.42 Å². The molecule has 92 valence electrons. The van der Waals surface area contributed by atoms with Crippen LogP contribution in [0.1, 0.15) is 32.1 Å². The summed E-state index contributed by atoms with van der Waals surface area (Å²) in [6, 6.07) is 4.67. The number of hydrogen-bond donors (Lipinski definition) is 1. The zero-order valence-corrected chi connectivity index (χ0v) is 12.0. The van der Waals surface area contributed by atoms with Gasteiger partial charge in [-0.1, -0.05) is 0 Å². The molecule has 4 heteroatoms. The highest BCUT2D eigenvalue weighted by Crippen LogP contribution is 2.20. The second-order valence-electron chi connectivity index (χ2n) is 4.52. The third-order valence-electron chi connectivity index (χ3n) is 2.56. The van der Waals surface area contributed by atoms with Gasteiger partial charge in [0.15, 0.2) is 4.67 Å². The first-order valence-electron chi connectivity index (χ1n) is 5.65. The van der Waals surface area contributed by atoms with Crippen LogP contribution in [0.3, 0.4) is 0 Å². The minimum atomic E-state index is 0.253. The third kappa shape index (κ3) is 4.68. The summed E-state index contributed by atoms with van der Waals surface area (Å²) >= 11 is 3.32. The van der Waals surface area contributed by atoms with Crippen molar-refractivity contribution in [2.75, 3.05) is 20.6 Å². The summed E-state index contributed by atoms with van der Waals surface area (Å²) in [7, 11) is 4.19. The van der Waals surface area contributed by atoms with Gasteiger partial charge in [0.05, 0.1) is 6.04 Å². The molecule has 1 aromatic heterocycles. The van der Waals surface area contributed by atoms with Gasteiger partial charge >= 0.3 is 0 Å². The summed E-state index contributed by atoms with van der Waals surface area (Å²) in [6.45, 7) is 5.43. The van der Waals surface area contributed by atoms with Gasteiger partial charge in [-0.15, -0.1) is 0 Å². The van der Waals surface area contributed by atoms with Crippen LogP contribution in [0, 0.1) is 0 Å². The lowest BCUT2D eigenvalue weighted by Gasteiger charge is -2.20. The molecule has 0 aliphatic rings. The van der Waals surface area contributed by atoms with Gasteiger partial charge in [0.25, 0.3) is 0 Å². The summed E-state index contributed by atoms with van der Waals surface area (Å²) in [4.78, 5) is 2.20. The maximum Gasteiger partial charge on any atom is 0.169 e. The van der Waals surface area contributed by atoms with Crippen LogP contribution in [0.25, 0.3) is 0 Å². The first-order valence-corrected chi connectivity index (χ1v) is 6.44. The average Bonchev–Trinajstić information content (AvgIpc) is 2.62. The number of nitrogens with one attached hydrogen (secondary N) is 1. The van der Waals surface area contributed by atoms with E-state index in [1.165, 1.54) is 0 Å². The van der Waals surface area contributed by atoms with Crippen molar-refractivity contribution in [3.05, 3.63) is 22.6 Å². The molecule has 1 aromatic rings. The average molecular weight is 289 g/mol. The summed E-state index contributed by atoms with van der Waals surface area (Å²) in [6.07, 6.45) is 1.14. The molecule has 3 nitrogen and oxygen atoms in total. The highest BCUT2D eigenvalue weighted by Gasteiger charge is 2.12. The van der Waals surface area contributed by atoms with Crippen molar-refractivity contribution in [1.29, 1.82) is 0 Å². The SMILES string of the molecule is CC(CCN(C)C)NC(C)c1ccc(Br)o1. The van der Waals surface area contributed by atoms with Crippen molar-refractivity contribution < 1.29 is 4.42 Å². The first kappa shape index (κ1) is 13.7. The summed E-state index contributed by atoms with van der Waals surface area (Å²) in [5.74, 6) is 0.976. The van der Waals surface area contributed by atoms with E-state index in [-0.39, 0.29) is 6.04 Å². The Morgan fingerprint density at radius 2 is 2.06 bits per heavy atom. The Kier molecular flexibility index (Phi) is 5.52. The number of furan rings is 1. The molecule has 1 N–H and O–H groups in total. The molecule has 0 bridgehead atoms. The normalized spacial score (nSPS) is 15.4. The highest BCUT2D eigenvalue weighted by atomic mass is 79.9. The van der Waals surface area contributed by atoms with Gasteiger partial charge in [-0.05, 0) is 69.0 Å². The first-order chi connectivity index (χ1) is 7.49. The quantitative estimate of drug-likeness (QED) is 0.872. The fraction of sp³-hybridized carbons (Fsp3) is 0.667. The molecule has 0 aliphatic heterocycles. The Labute approximate surface area is 106 Å². The Morgan fingerprint density at radius 3 is 2.56 bits per heavy atom. The number of halogens is 1. The minimum Gasteiger partial charge on any atom is -0.453 e. The molecule has 1 heterocycles. The van der Waals surface area contributed by atoms with Crippen LogP contribution in [-0.2, 0) is 0 Å². The lowest BCUT2D eigenvalue weighted by Crippen LogP contribution is -2.31. The largest absolute Gasteiger partial charge is 0.453 e. The molecule has 0 aliphatic carbocycles. The maximum absolute atomic E-state index is 5.52. The minimum absolute atomic E-state index is 0.253. The molecule has 2 unspecified atom stereocenters. The molecular formula is C12H21BrN2O. The van der Waals surface area contributed by atoms with E-state index in [1.807, 2.05) is 12.1 Å². The van der Waals surface area contributed by atoms with Crippen LogP contribution in [0.4, 0.5) is 0 Å². The van der Waals surface area contributed by atoms with E-state index in [1.54, 1.807) is 0 Å². The van der Waals surface area contributed by atoms with Crippen molar-refractivity contribution in [3.8, 4) is 0 Å². The van der Waals surface area contributed by atoms with Crippen LogP contribution in [0.2, 0.25) is 0 Å². The molecule has 0 fully saturated rings. The van der Waals surface area contributed by atoms with Gasteiger partial charge in [-0.3, -0.25) is 0 Å². The number of rotatable bonds is 6. The van der Waals surface area contributed by atoms with Gasteiger partial charge in [-0.2, -0.15) is 0 Å². The highest BCUT2D eigenvalue weighted by molar-refractivity contribution is 9.10. The molecule has 0 saturated heterocycles. The van der Waals surface area contributed by atoms with Crippen molar-refractivity contribution in [3.63, 3.8) is 0 Å². The van der Waals surface area contributed by atoms with Crippen molar-refractivity contribution in [2.45, 2.75) is 32.4 Å². The topological polar surface area (TPSA) is 28.4 Å². The lowest BCUT2D eigenvalue weighted by atomic mass is 10.2. The van der Waals surface area contributed by atoms with Gasteiger partial charge in [0.1, 0.15) is 5.76 Å². The molecule has 0 amide bonds. The molecule has 0 aromatic carbocycles. The summed E-state index contributed by atoms with van der Waals surface area (Å²) in [5.41, 5.74) is 0. The zero-order chi connectivity index (χ0) is 12.1. The molecule has 0 radical (unpaired) electrons. The summed E-state index contributed by atoms with van der Waals surface area (Å²) < 4.78 is 6.30. The number of nitrogens with zero attached hydrogens (tertiary/aromatic N) is 1. The van der Waals surface area contributed by atoms with Gasteiger partial charge < -0.3 is 14.6 Å². The molecule has 1 rings (SSSR count). The van der Waals surface area contributed by atoms with E-state index in [0.717, 1.165) is 23.4 Å². The Morgan fingerprint density at radius 1 is 1.38 bits per heavy atom. The van der Waals surface area contributed by atoms with Gasteiger partial charge in [0.2, 0.25) is 0 Å². The Hall–Kier alpha value is -0.320. The van der Waals surface area contributed by atoms with Crippen molar-refractivity contribution in [2.24, 2.45) is 0 Å². The van der Waals surface area contributed by atoms with E-state index in [2.05, 4.69) is 54.1 Å². The van der Waals surface area contributed by atoms with Gasteiger partial charge in [0, 0.05) is 6.04 Å². The second-order valence-corrected chi connectivity index (χ2v) is 5.30. The van der Waals surface area contributed by atoms with Crippen molar-refractivity contribution >= 4 is 15.9 Å². The predicted molar refractivity (Wildman–Crippen MR) is 70.6 cm³/mol. The lowest BCUT2D eigenvalue weighted by molar-refractivity contribution is 0.337. The smallest absolute Gasteiger partial charge is 0.169 e. The van der Waals surface area contributed by atoms with Crippen LogP contribution in [0.5, 0.6) is 0 Å². The maximum atomic E-state index is 5.52. The monoisotopic (exact) mass is 288 g/mol. The third-order valence-corrected chi connectivity index (χ3v) is 2.99. The molecular weight excluding hydrogens is 268 g/mol. The summed E-state index contributed by atoms with van der Waals surface area (Å²) in [5, 5.41) is 3.52. The zero-order valence-electron chi connectivity index (χ0n) is 10.5. The Bertz CT molecular complexity index is 312. The van der Waals surface area contributed by atoms with E-state index >= 15 is 0 Å². The fourth-order valence-corrected chi connectivity index (χ4v) is 1.92. The van der Waals surface area contributed by atoms with Crippen molar-refractivity contribution in [1.82, 2.24) is 10.2 Å².